The van der Waals surface area contributed by atoms with Crippen molar-refractivity contribution in [1.82, 2.24) is 0 Å². The predicted molar refractivity (Wildman–Crippen MR) is 260 cm³/mol. The van der Waals surface area contributed by atoms with Crippen molar-refractivity contribution >= 4 is 0 Å². The summed E-state index contributed by atoms with van der Waals surface area (Å²) >= 11 is 0. The number of methoxy groups -OCH3 is 10. The lowest BCUT2D eigenvalue weighted by molar-refractivity contribution is -0.00676. The smallest absolute Gasteiger partial charge is 0.161 e. The average molecular weight is 975 g/mol. The molecule has 3 heterocycles. The minimum Gasteiger partial charge on any atom is -0.497 e. The maximum atomic E-state index is 13.2. The molecule has 0 unspecified atom stereocenters. The number of aliphatic hydroxyl groups is 3. The summed E-state index contributed by atoms with van der Waals surface area (Å²) in [4.78, 5) is 0. The van der Waals surface area contributed by atoms with Gasteiger partial charge in [0.05, 0.1) is 77.2 Å². The first-order valence-electron chi connectivity index (χ1n) is 22.9. The normalized spacial score (nSPS) is 21.9. The number of ether oxygens (including phenoxy) is 13. The molecule has 0 aliphatic carbocycles. The summed E-state index contributed by atoms with van der Waals surface area (Å²) in [5.74, 6) is 3.51. The maximum Gasteiger partial charge on any atom is 0.161 e. The quantitative estimate of drug-likeness (QED) is 0.0898. The monoisotopic (exact) mass is 974 g/mol. The van der Waals surface area contributed by atoms with Gasteiger partial charge in [-0.1, -0.05) is 30.3 Å². The second-order valence-electron chi connectivity index (χ2n) is 17.2. The van der Waals surface area contributed by atoms with Crippen molar-refractivity contribution in [2.24, 2.45) is 0 Å². The van der Waals surface area contributed by atoms with Gasteiger partial charge in [-0.05, 0) is 65.2 Å². The van der Waals surface area contributed by atoms with Gasteiger partial charge in [0.15, 0.2) is 46.7 Å². The molecule has 0 saturated heterocycles. The van der Waals surface area contributed by atoms with Crippen LogP contribution in [0.5, 0.6) is 74.7 Å². The standard InChI is InChI=1S/C55H58O16/c1-59-30-14-16-32(39(24-30)64-6)44-46-54(71-52(49(44)58)29-13-20-38(63-5)43(23-29)67-9)34-26-35(56)50(27-11-18-36(61-3)41(21-27)65-7)70-53(34)47(55(46)68-10)45-33-17-15-31(60-2)25-40(33)69-51(48(45)57)28-12-19-37(62-4)42(22-28)66-8/h11-25,35,44-45,48-52,56-58H,26H2,1-10H3/t35-,44+,45+,48+,49+,50-,51-,52-/m1/s1. The Labute approximate surface area is 411 Å². The van der Waals surface area contributed by atoms with Gasteiger partial charge in [0.2, 0.25) is 0 Å². The molecule has 3 aliphatic rings. The highest BCUT2D eigenvalue weighted by molar-refractivity contribution is 5.72. The Morgan fingerprint density at radius 3 is 1.28 bits per heavy atom. The fraction of sp³-hybridized carbons (Fsp3) is 0.345. The van der Waals surface area contributed by atoms with Crippen LogP contribution >= 0.6 is 0 Å². The molecule has 374 valence electrons. The van der Waals surface area contributed by atoms with Gasteiger partial charge in [0, 0.05) is 58.2 Å². The van der Waals surface area contributed by atoms with Crippen molar-refractivity contribution in [1.29, 1.82) is 0 Å². The largest absolute Gasteiger partial charge is 0.497 e. The number of aliphatic hydroxyl groups excluding tert-OH is 3. The highest BCUT2D eigenvalue weighted by atomic mass is 16.5. The molecule has 0 bridgehead atoms. The molecular weight excluding hydrogens is 917 g/mol. The van der Waals surface area contributed by atoms with Crippen LogP contribution in [0.1, 0.15) is 74.7 Å². The molecule has 3 aliphatic heterocycles. The molecular formula is C55H58O16. The van der Waals surface area contributed by atoms with Crippen molar-refractivity contribution in [2.75, 3.05) is 71.1 Å². The van der Waals surface area contributed by atoms with Crippen LogP contribution in [-0.4, -0.2) is 105 Å². The van der Waals surface area contributed by atoms with E-state index in [0.717, 1.165) is 0 Å². The van der Waals surface area contributed by atoms with Gasteiger partial charge in [0.1, 0.15) is 58.6 Å². The Hall–Kier alpha value is -7.40. The third-order valence-corrected chi connectivity index (χ3v) is 13.7. The summed E-state index contributed by atoms with van der Waals surface area (Å²) in [6.45, 7) is 0. The molecule has 16 nitrogen and oxygen atoms in total. The first kappa shape index (κ1) is 48.6. The van der Waals surface area contributed by atoms with Gasteiger partial charge in [-0.15, -0.1) is 0 Å². The fourth-order valence-electron chi connectivity index (χ4n) is 10.3. The third kappa shape index (κ3) is 8.38. The van der Waals surface area contributed by atoms with Gasteiger partial charge in [-0.2, -0.15) is 0 Å². The summed E-state index contributed by atoms with van der Waals surface area (Å²) in [5, 5.41) is 38.7. The molecule has 71 heavy (non-hydrogen) atoms. The zero-order chi connectivity index (χ0) is 50.2. The molecule has 0 saturated carbocycles. The molecule has 0 radical (unpaired) electrons. The summed E-state index contributed by atoms with van der Waals surface area (Å²) in [6.07, 6.45) is -6.88. The molecule has 0 spiro atoms. The number of hydrogen-bond donors (Lipinski definition) is 3. The topological polar surface area (TPSA) is 181 Å². The number of hydrogen-bond acceptors (Lipinski definition) is 16. The van der Waals surface area contributed by atoms with Crippen LogP contribution in [0.3, 0.4) is 0 Å². The molecule has 0 fully saturated rings. The van der Waals surface area contributed by atoms with Crippen LogP contribution in [0.15, 0.2) is 91.0 Å². The van der Waals surface area contributed by atoms with Gasteiger partial charge in [0.25, 0.3) is 0 Å². The Bertz CT molecular complexity index is 2920. The Morgan fingerprint density at radius 1 is 0.394 bits per heavy atom. The highest BCUT2D eigenvalue weighted by Crippen LogP contribution is 2.62. The number of fused-ring (bicyclic) bond motifs is 4. The molecule has 3 N–H and O–H groups in total. The first-order valence-corrected chi connectivity index (χ1v) is 22.9. The van der Waals surface area contributed by atoms with Crippen molar-refractivity contribution in [3.8, 4) is 74.7 Å². The summed E-state index contributed by atoms with van der Waals surface area (Å²) < 4.78 is 79.0. The lowest BCUT2D eigenvalue weighted by Gasteiger charge is -2.44. The van der Waals surface area contributed by atoms with Crippen molar-refractivity contribution in [2.45, 2.75) is 54.9 Å². The minimum atomic E-state index is -1.34. The summed E-state index contributed by atoms with van der Waals surface area (Å²) in [7, 11) is 15.4. The molecule has 0 amide bonds. The third-order valence-electron chi connectivity index (χ3n) is 13.7. The van der Waals surface area contributed by atoms with Gasteiger partial charge < -0.3 is 76.9 Å². The fourth-order valence-corrected chi connectivity index (χ4v) is 10.3. The van der Waals surface area contributed by atoms with Crippen molar-refractivity contribution in [3.05, 3.63) is 136 Å². The first-order chi connectivity index (χ1) is 34.5. The highest BCUT2D eigenvalue weighted by Gasteiger charge is 2.51. The van der Waals surface area contributed by atoms with E-state index in [1.165, 1.54) is 28.4 Å². The second-order valence-corrected chi connectivity index (χ2v) is 17.2. The average Bonchev–Trinajstić information content (AvgIpc) is 3.41. The molecule has 8 atom stereocenters. The number of benzene rings is 6. The summed E-state index contributed by atoms with van der Waals surface area (Å²) in [5.41, 5.74) is 4.17. The molecule has 9 rings (SSSR count). The van der Waals surface area contributed by atoms with Crippen molar-refractivity contribution in [3.63, 3.8) is 0 Å². The lowest BCUT2D eigenvalue weighted by atomic mass is 9.72. The van der Waals surface area contributed by atoms with Crippen molar-refractivity contribution < 1.29 is 76.9 Å². The molecule has 16 heteroatoms. The van der Waals surface area contributed by atoms with E-state index in [2.05, 4.69) is 0 Å². The Morgan fingerprint density at radius 2 is 0.817 bits per heavy atom. The maximum absolute atomic E-state index is 13.2. The molecule has 0 aromatic heterocycles. The summed E-state index contributed by atoms with van der Waals surface area (Å²) in [6, 6.07) is 26.7. The molecule has 6 aromatic carbocycles. The zero-order valence-electron chi connectivity index (χ0n) is 41.1. The van der Waals surface area contributed by atoms with E-state index in [9.17, 15) is 15.3 Å². The van der Waals surface area contributed by atoms with E-state index >= 15 is 0 Å². The van der Waals surface area contributed by atoms with E-state index < -0.39 is 48.5 Å². The van der Waals surface area contributed by atoms with Crippen LogP contribution in [0, 0.1) is 0 Å². The Kier molecular flexibility index (Phi) is 13.8. The SMILES string of the molecule is COc1ccc2c(c1)O[C@H](c1ccc(OC)c(OC)c1)[C@@H](O)[C@@H]2c1c2c(c3c(c1OC)[C@H](c1ccc(OC)cc1OC)[C@H](O)[C@@H](c1ccc(OC)c(OC)c1)O3)C[C@@H](O)[C@@H](c1ccc(OC)c(OC)c1)O2. The van der Waals surface area contributed by atoms with E-state index in [4.69, 9.17) is 61.6 Å². The zero-order valence-corrected chi connectivity index (χ0v) is 41.1. The van der Waals surface area contributed by atoms with Gasteiger partial charge >= 0.3 is 0 Å². The van der Waals surface area contributed by atoms with Crippen LogP contribution in [0.4, 0.5) is 0 Å². The van der Waals surface area contributed by atoms with E-state index in [0.29, 0.717) is 108 Å². The van der Waals surface area contributed by atoms with E-state index in [1.807, 2.05) is 18.2 Å². The van der Waals surface area contributed by atoms with Crippen LogP contribution in [-0.2, 0) is 6.42 Å². The van der Waals surface area contributed by atoms with Crippen LogP contribution < -0.4 is 61.6 Å². The predicted octanol–water partition coefficient (Wildman–Crippen LogP) is 8.06. The van der Waals surface area contributed by atoms with E-state index in [1.54, 1.807) is 115 Å². The lowest BCUT2D eigenvalue weighted by Crippen LogP contribution is -2.40. The minimum absolute atomic E-state index is 0.0111. The molecule has 6 aromatic rings. The van der Waals surface area contributed by atoms with Gasteiger partial charge in [-0.3, -0.25) is 0 Å². The van der Waals surface area contributed by atoms with Crippen LogP contribution in [0.2, 0.25) is 0 Å². The van der Waals surface area contributed by atoms with Gasteiger partial charge in [-0.25, -0.2) is 0 Å². The Balaban J connectivity index is 1.37. The van der Waals surface area contributed by atoms with E-state index in [-0.39, 0.29) is 17.9 Å². The second kappa shape index (κ2) is 20.1. The number of rotatable bonds is 15. The van der Waals surface area contributed by atoms with Crippen LogP contribution in [0.25, 0.3) is 0 Å².